The van der Waals surface area contributed by atoms with E-state index in [2.05, 4.69) is 54.0 Å². The van der Waals surface area contributed by atoms with Crippen LogP contribution < -0.4 is 15.4 Å². The van der Waals surface area contributed by atoms with Crippen LogP contribution in [0, 0.1) is 12.8 Å². The van der Waals surface area contributed by atoms with Crippen molar-refractivity contribution in [2.75, 3.05) is 13.6 Å². The molecular weight excluding hydrogens is 324 g/mol. The Kier molecular flexibility index (Phi) is 7.67. The lowest BCUT2D eigenvalue weighted by Gasteiger charge is -2.17. The molecule has 0 radical (unpaired) electrons. The molecule has 0 aromatic heterocycles. The number of aryl methyl sites for hydroxylation is 1. The molecular formula is C22H30N2O2. The molecule has 0 saturated heterocycles. The second-order valence-corrected chi connectivity index (χ2v) is 6.99. The van der Waals surface area contributed by atoms with Gasteiger partial charge in [-0.2, -0.15) is 0 Å². The van der Waals surface area contributed by atoms with Gasteiger partial charge in [0.25, 0.3) is 0 Å². The molecule has 0 spiro atoms. The minimum absolute atomic E-state index is 0.0278. The fourth-order valence-electron chi connectivity index (χ4n) is 2.76. The summed E-state index contributed by atoms with van der Waals surface area (Å²) < 4.78 is 5.84. The Balaban J connectivity index is 1.81. The van der Waals surface area contributed by atoms with Crippen molar-refractivity contribution in [3.05, 3.63) is 65.2 Å². The van der Waals surface area contributed by atoms with Gasteiger partial charge >= 0.3 is 0 Å². The summed E-state index contributed by atoms with van der Waals surface area (Å²) in [7, 11) is 1.86. The number of benzene rings is 2. The molecule has 2 unspecified atom stereocenters. The summed E-state index contributed by atoms with van der Waals surface area (Å²) in [4.78, 5) is 12.1. The quantitative estimate of drug-likeness (QED) is 0.725. The Hall–Kier alpha value is -2.33. The third-order valence-electron chi connectivity index (χ3n) is 4.34. The van der Waals surface area contributed by atoms with Gasteiger partial charge in [-0.05, 0) is 50.6 Å². The van der Waals surface area contributed by atoms with Gasteiger partial charge in [0.1, 0.15) is 12.4 Å². The molecule has 4 nitrogen and oxygen atoms in total. The summed E-state index contributed by atoms with van der Waals surface area (Å²) >= 11 is 0. The van der Waals surface area contributed by atoms with Crippen LogP contribution in [0.15, 0.2) is 48.5 Å². The number of carbonyl (C=O) groups is 1. The van der Waals surface area contributed by atoms with Crippen LogP contribution in [0.25, 0.3) is 0 Å². The molecule has 0 fully saturated rings. The monoisotopic (exact) mass is 354 g/mol. The van der Waals surface area contributed by atoms with Crippen LogP contribution in [0.2, 0.25) is 0 Å². The van der Waals surface area contributed by atoms with Crippen molar-refractivity contribution in [3.63, 3.8) is 0 Å². The fraction of sp³-hybridized carbons (Fsp3) is 0.409. The molecule has 0 saturated carbocycles. The van der Waals surface area contributed by atoms with E-state index in [-0.39, 0.29) is 17.9 Å². The molecule has 0 aliphatic rings. The standard InChI is InChI=1S/C22H30N2O2/c1-16-5-7-20(8-6-16)15-26-21-11-9-19(10-12-21)13-18(3)24-22(25)17(2)14-23-4/h5-12,17-18,23H,13-15H2,1-4H3,(H,24,25). The lowest BCUT2D eigenvalue weighted by atomic mass is 10.1. The highest BCUT2D eigenvalue weighted by Gasteiger charge is 2.14. The molecule has 0 aliphatic carbocycles. The van der Waals surface area contributed by atoms with Gasteiger partial charge in [-0.1, -0.05) is 48.9 Å². The first-order valence-corrected chi connectivity index (χ1v) is 9.20. The van der Waals surface area contributed by atoms with E-state index in [0.29, 0.717) is 13.2 Å². The average Bonchev–Trinajstić information content (AvgIpc) is 2.62. The molecule has 140 valence electrons. The van der Waals surface area contributed by atoms with Crippen LogP contribution in [0.1, 0.15) is 30.5 Å². The lowest BCUT2D eigenvalue weighted by molar-refractivity contribution is -0.124. The predicted octanol–water partition coefficient (Wildman–Crippen LogP) is 3.48. The third-order valence-corrected chi connectivity index (χ3v) is 4.34. The van der Waals surface area contributed by atoms with Crippen LogP contribution in [0.3, 0.4) is 0 Å². The Morgan fingerprint density at radius 2 is 1.62 bits per heavy atom. The van der Waals surface area contributed by atoms with Gasteiger partial charge in [0, 0.05) is 18.5 Å². The number of carbonyl (C=O) groups excluding carboxylic acids is 1. The molecule has 2 rings (SSSR count). The Morgan fingerprint density at radius 3 is 2.23 bits per heavy atom. The molecule has 0 heterocycles. The lowest BCUT2D eigenvalue weighted by Crippen LogP contribution is -2.40. The van der Waals surface area contributed by atoms with Gasteiger partial charge in [0.15, 0.2) is 0 Å². The second-order valence-electron chi connectivity index (χ2n) is 6.99. The summed E-state index contributed by atoms with van der Waals surface area (Å²) in [6, 6.07) is 16.6. The fourth-order valence-corrected chi connectivity index (χ4v) is 2.76. The average molecular weight is 354 g/mol. The van der Waals surface area contributed by atoms with Crippen molar-refractivity contribution in [2.24, 2.45) is 5.92 Å². The highest BCUT2D eigenvalue weighted by atomic mass is 16.5. The first kappa shape index (κ1) is 20.0. The van der Waals surface area contributed by atoms with E-state index in [1.165, 1.54) is 11.1 Å². The van der Waals surface area contributed by atoms with Crippen molar-refractivity contribution in [3.8, 4) is 5.75 Å². The Bertz CT molecular complexity index is 680. The van der Waals surface area contributed by atoms with Gasteiger partial charge in [0.2, 0.25) is 5.91 Å². The maximum Gasteiger partial charge on any atom is 0.224 e. The summed E-state index contributed by atoms with van der Waals surface area (Å²) in [5.41, 5.74) is 3.59. The second kappa shape index (κ2) is 9.97. The highest BCUT2D eigenvalue weighted by Crippen LogP contribution is 2.15. The van der Waals surface area contributed by atoms with Crippen molar-refractivity contribution in [1.82, 2.24) is 10.6 Å². The number of amides is 1. The van der Waals surface area contributed by atoms with E-state index in [1.54, 1.807) is 0 Å². The summed E-state index contributed by atoms with van der Waals surface area (Å²) in [6.07, 6.45) is 0.802. The van der Waals surface area contributed by atoms with Gasteiger partial charge in [-0.25, -0.2) is 0 Å². The first-order valence-electron chi connectivity index (χ1n) is 9.20. The molecule has 26 heavy (non-hydrogen) atoms. The van der Waals surface area contributed by atoms with Gasteiger partial charge < -0.3 is 15.4 Å². The number of hydrogen-bond acceptors (Lipinski definition) is 3. The van der Waals surface area contributed by atoms with Crippen LogP contribution in [-0.4, -0.2) is 25.5 Å². The zero-order chi connectivity index (χ0) is 18.9. The number of hydrogen-bond donors (Lipinski definition) is 2. The molecule has 2 aromatic carbocycles. The third kappa shape index (κ3) is 6.52. The molecule has 0 bridgehead atoms. The van der Waals surface area contributed by atoms with Crippen molar-refractivity contribution < 1.29 is 9.53 Å². The summed E-state index contributed by atoms with van der Waals surface area (Å²) in [5.74, 6) is 0.915. The summed E-state index contributed by atoms with van der Waals surface area (Å²) in [6.45, 7) is 7.29. The number of ether oxygens (including phenoxy) is 1. The molecule has 1 amide bonds. The topological polar surface area (TPSA) is 50.4 Å². The van der Waals surface area contributed by atoms with E-state index < -0.39 is 0 Å². The Labute approximate surface area is 157 Å². The number of rotatable bonds is 9. The predicted molar refractivity (Wildman–Crippen MR) is 106 cm³/mol. The van der Waals surface area contributed by atoms with E-state index in [9.17, 15) is 4.79 Å². The minimum Gasteiger partial charge on any atom is -0.489 e. The van der Waals surface area contributed by atoms with Crippen LogP contribution in [0.5, 0.6) is 5.75 Å². The zero-order valence-electron chi connectivity index (χ0n) is 16.2. The van der Waals surface area contributed by atoms with Crippen LogP contribution >= 0.6 is 0 Å². The van der Waals surface area contributed by atoms with Crippen molar-refractivity contribution in [1.29, 1.82) is 0 Å². The maximum absolute atomic E-state index is 12.1. The number of nitrogens with one attached hydrogen (secondary N) is 2. The van der Waals surface area contributed by atoms with E-state index in [1.807, 2.05) is 33.0 Å². The van der Waals surface area contributed by atoms with E-state index in [0.717, 1.165) is 17.7 Å². The van der Waals surface area contributed by atoms with Crippen LogP contribution in [-0.2, 0) is 17.8 Å². The molecule has 2 atom stereocenters. The highest BCUT2D eigenvalue weighted by molar-refractivity contribution is 5.78. The summed E-state index contributed by atoms with van der Waals surface area (Å²) in [5, 5.41) is 6.10. The Morgan fingerprint density at radius 1 is 1.00 bits per heavy atom. The molecule has 2 N–H and O–H groups in total. The zero-order valence-corrected chi connectivity index (χ0v) is 16.2. The van der Waals surface area contributed by atoms with Gasteiger partial charge in [0.05, 0.1) is 0 Å². The van der Waals surface area contributed by atoms with Crippen LogP contribution in [0.4, 0.5) is 0 Å². The first-order chi connectivity index (χ1) is 12.5. The SMILES string of the molecule is CNCC(C)C(=O)NC(C)Cc1ccc(OCc2ccc(C)cc2)cc1. The molecule has 4 heteroatoms. The van der Waals surface area contributed by atoms with Crippen molar-refractivity contribution in [2.45, 2.75) is 39.8 Å². The van der Waals surface area contributed by atoms with Gasteiger partial charge in [-0.15, -0.1) is 0 Å². The smallest absolute Gasteiger partial charge is 0.224 e. The normalized spacial score (nSPS) is 13.1. The molecule has 2 aromatic rings. The largest absolute Gasteiger partial charge is 0.489 e. The minimum atomic E-state index is -0.0278. The van der Waals surface area contributed by atoms with E-state index in [4.69, 9.17) is 4.74 Å². The van der Waals surface area contributed by atoms with Crippen molar-refractivity contribution >= 4 is 5.91 Å². The van der Waals surface area contributed by atoms with E-state index >= 15 is 0 Å². The van der Waals surface area contributed by atoms with Gasteiger partial charge in [-0.3, -0.25) is 4.79 Å². The molecule has 0 aliphatic heterocycles. The maximum atomic E-state index is 12.1.